The molecule has 0 unspecified atom stereocenters. The minimum atomic E-state index is -2.61. The fourth-order valence-corrected chi connectivity index (χ4v) is 15.4. The van der Waals surface area contributed by atoms with Gasteiger partial charge < -0.3 is 0 Å². The molecule has 2 aliphatic carbocycles. The summed E-state index contributed by atoms with van der Waals surface area (Å²) in [6.07, 6.45) is 8.21. The van der Waals surface area contributed by atoms with Gasteiger partial charge in [0.25, 0.3) is 0 Å². The molecule has 0 heterocycles. The van der Waals surface area contributed by atoms with Crippen LogP contribution >= 0.6 is 0 Å². The van der Waals surface area contributed by atoms with Crippen molar-refractivity contribution in [2.24, 2.45) is 0 Å². The van der Waals surface area contributed by atoms with E-state index in [9.17, 15) is 0 Å². The fourth-order valence-electron chi connectivity index (χ4n) is 6.32. The second-order valence-electron chi connectivity index (χ2n) is 13.4. The predicted octanol–water partition coefficient (Wildman–Crippen LogP) is 10.1. The van der Waals surface area contributed by atoms with E-state index in [2.05, 4.69) is 157 Å². The van der Waals surface area contributed by atoms with Crippen molar-refractivity contribution < 1.29 is 21.3 Å². The Morgan fingerprint density at radius 1 is 0.625 bits per heavy atom. The molecule has 0 atom stereocenters. The summed E-state index contributed by atoms with van der Waals surface area (Å²) in [5, 5.41) is 0. The fraction of sp³-hybridized carbons (Fsp3) is 0.256. The van der Waals surface area contributed by atoms with Crippen molar-refractivity contribution in [3.8, 4) is 11.1 Å². The van der Waals surface area contributed by atoms with Gasteiger partial charge in [0.05, 0.1) is 0 Å². The van der Waals surface area contributed by atoms with Crippen LogP contribution in [0.25, 0.3) is 11.1 Å². The molecule has 6 rings (SSSR count). The summed E-state index contributed by atoms with van der Waals surface area (Å²) in [5.41, 5.74) is 11.8. The Morgan fingerprint density at radius 3 is 1.50 bits per heavy atom. The molecule has 2 aliphatic rings. The number of hydrogen-bond donors (Lipinski definition) is 0. The third kappa shape index (κ3) is 5.03. The van der Waals surface area contributed by atoms with E-state index in [0.29, 0.717) is 3.63 Å². The zero-order chi connectivity index (χ0) is 28.1. The van der Waals surface area contributed by atoms with Crippen LogP contribution in [0.2, 0.25) is 0 Å². The zero-order valence-corrected chi connectivity index (χ0v) is 27.2. The van der Waals surface area contributed by atoms with Gasteiger partial charge in [-0.3, -0.25) is 0 Å². The number of benzene rings is 4. The van der Waals surface area contributed by atoms with Crippen LogP contribution in [0.5, 0.6) is 0 Å². The van der Waals surface area contributed by atoms with Gasteiger partial charge >= 0.3 is 250 Å². The molecule has 4 aromatic carbocycles. The van der Waals surface area contributed by atoms with Crippen LogP contribution in [0.3, 0.4) is 0 Å². The van der Waals surface area contributed by atoms with Crippen LogP contribution in [0, 0.1) is 0 Å². The van der Waals surface area contributed by atoms with Gasteiger partial charge in [0, 0.05) is 0 Å². The second kappa shape index (κ2) is 10.5. The molecule has 0 spiro atoms. The van der Waals surface area contributed by atoms with E-state index in [1.165, 1.54) is 33.4 Å². The molecule has 1 heteroatoms. The molecular formula is C39H40Zr. The Balaban J connectivity index is 1.71. The van der Waals surface area contributed by atoms with Crippen LogP contribution in [-0.4, -0.2) is 3.21 Å². The maximum absolute atomic E-state index is 2.61. The molecule has 0 bridgehead atoms. The molecule has 0 aliphatic heterocycles. The minimum absolute atomic E-state index is 0.111. The average Bonchev–Trinajstić information content (AvgIpc) is 3.58. The molecule has 0 amide bonds. The van der Waals surface area contributed by atoms with Crippen molar-refractivity contribution in [1.29, 1.82) is 0 Å². The SMILES string of the molecule is CC(C)(C)c1ccc2c(c1)-c1cc(C(C)(C)C)ccc1[CH]2[Zr]([C]1=CC=CC1)=[C](c1ccccc1)c1ccccc1. The monoisotopic (exact) mass is 598 g/mol. The predicted molar refractivity (Wildman–Crippen MR) is 169 cm³/mol. The Kier molecular flexibility index (Phi) is 7.17. The summed E-state index contributed by atoms with van der Waals surface area (Å²) in [5.74, 6) is 0. The topological polar surface area (TPSA) is 0 Å². The van der Waals surface area contributed by atoms with Crippen LogP contribution in [0.1, 0.15) is 85.0 Å². The summed E-state index contributed by atoms with van der Waals surface area (Å²) in [4.78, 5) is 0. The summed E-state index contributed by atoms with van der Waals surface area (Å²) < 4.78 is 3.74. The van der Waals surface area contributed by atoms with E-state index in [4.69, 9.17) is 0 Å². The summed E-state index contributed by atoms with van der Waals surface area (Å²) in [6, 6.07) is 37.4. The van der Waals surface area contributed by atoms with E-state index in [1.807, 2.05) is 0 Å². The van der Waals surface area contributed by atoms with Gasteiger partial charge in [-0.2, -0.15) is 0 Å². The Labute approximate surface area is 248 Å². The van der Waals surface area contributed by atoms with Crippen LogP contribution in [0.4, 0.5) is 0 Å². The van der Waals surface area contributed by atoms with Gasteiger partial charge in [0.1, 0.15) is 0 Å². The number of fused-ring (bicyclic) bond motifs is 3. The molecule has 4 aromatic rings. The first-order chi connectivity index (χ1) is 19.1. The van der Waals surface area contributed by atoms with Crippen LogP contribution in [-0.2, 0) is 32.1 Å². The van der Waals surface area contributed by atoms with E-state index in [-0.39, 0.29) is 10.8 Å². The van der Waals surface area contributed by atoms with Crippen LogP contribution < -0.4 is 0 Å². The maximum atomic E-state index is 2.52. The van der Waals surface area contributed by atoms with Gasteiger partial charge in [0.2, 0.25) is 0 Å². The van der Waals surface area contributed by atoms with Crippen LogP contribution in [0.15, 0.2) is 119 Å². The van der Waals surface area contributed by atoms with Crippen molar-refractivity contribution in [2.45, 2.75) is 62.4 Å². The number of allylic oxidation sites excluding steroid dienone is 4. The molecule has 0 N–H and O–H groups in total. The van der Waals surface area contributed by atoms with Crippen molar-refractivity contribution in [3.05, 3.63) is 152 Å². The molecule has 0 nitrogen and oxygen atoms in total. The molecule has 0 aromatic heterocycles. The zero-order valence-electron chi connectivity index (χ0n) is 24.8. The Morgan fingerprint density at radius 2 is 1.10 bits per heavy atom. The second-order valence-corrected chi connectivity index (χ2v) is 19.6. The molecule has 0 fully saturated rings. The third-order valence-corrected chi connectivity index (χ3v) is 16.9. The number of rotatable bonds is 4. The summed E-state index contributed by atoms with van der Waals surface area (Å²) >= 11 is -2.61. The molecule has 0 saturated heterocycles. The van der Waals surface area contributed by atoms with E-state index in [0.717, 1.165) is 6.42 Å². The van der Waals surface area contributed by atoms with E-state index in [1.54, 1.807) is 17.6 Å². The summed E-state index contributed by atoms with van der Waals surface area (Å²) in [6.45, 7) is 14.0. The van der Waals surface area contributed by atoms with Gasteiger partial charge in [-0.25, -0.2) is 0 Å². The van der Waals surface area contributed by atoms with Crippen molar-refractivity contribution in [3.63, 3.8) is 0 Å². The Hall–Kier alpha value is -2.89. The van der Waals surface area contributed by atoms with Gasteiger partial charge in [-0.15, -0.1) is 0 Å². The van der Waals surface area contributed by atoms with Gasteiger partial charge in [-0.05, 0) is 0 Å². The quantitative estimate of drug-likeness (QED) is 0.219. The summed E-state index contributed by atoms with van der Waals surface area (Å²) in [7, 11) is 0. The molecule has 0 saturated carbocycles. The number of hydrogen-bond acceptors (Lipinski definition) is 0. The molecule has 40 heavy (non-hydrogen) atoms. The average molecular weight is 600 g/mol. The third-order valence-electron chi connectivity index (χ3n) is 8.55. The normalized spacial score (nSPS) is 14.6. The molecule has 0 radical (unpaired) electrons. The van der Waals surface area contributed by atoms with Gasteiger partial charge in [-0.1, -0.05) is 0 Å². The first-order valence-corrected chi connectivity index (χ1v) is 18.5. The Bertz CT molecular complexity index is 1550. The first kappa shape index (κ1) is 27.3. The standard InChI is InChI=1S/C21H25.C13H10.C5H5.Zr/c1-20(2,3)16-9-7-14-11-15-8-10-17(21(4,5)6)13-19(15)18(14)12-16;1-3-7-12(8-4-1)11-13-9-5-2-6-10-13;1-2-4-5-3-1;/h7-13H,1-6H3;1-10H;1-3H,4H2;. The first-order valence-electron chi connectivity index (χ1n) is 14.6. The van der Waals surface area contributed by atoms with Crippen molar-refractivity contribution in [2.75, 3.05) is 0 Å². The van der Waals surface area contributed by atoms with E-state index < -0.39 is 21.3 Å². The van der Waals surface area contributed by atoms with Crippen molar-refractivity contribution >= 4 is 3.21 Å². The molecule has 200 valence electrons. The molecular weight excluding hydrogens is 560 g/mol. The van der Waals surface area contributed by atoms with E-state index >= 15 is 0 Å². The van der Waals surface area contributed by atoms with Gasteiger partial charge in [0.15, 0.2) is 0 Å². The van der Waals surface area contributed by atoms with Crippen molar-refractivity contribution in [1.82, 2.24) is 0 Å².